The molecule has 0 unspecified atom stereocenters. The molecule has 8 aromatic rings. The van der Waals surface area contributed by atoms with Crippen molar-refractivity contribution in [3.05, 3.63) is 141 Å². The van der Waals surface area contributed by atoms with Crippen LogP contribution in [0.5, 0.6) is 0 Å². The second kappa shape index (κ2) is 17.5. The third-order valence-electron chi connectivity index (χ3n) is 8.78. The van der Waals surface area contributed by atoms with Gasteiger partial charge in [0, 0.05) is 62.8 Å². The number of carboxylic acid groups (broad SMARTS) is 1. The summed E-state index contributed by atoms with van der Waals surface area (Å²) in [5.74, 6) is -0.269. The van der Waals surface area contributed by atoms with Crippen LogP contribution in [0, 0.1) is 0 Å². The first-order valence-electron chi connectivity index (χ1n) is 17.1. The standard InChI is InChI=1S/2C20H16N4O2S.CH2O2/c2*1-13(25)23(2)15-6-3-5-14(11-15)17-8-9-21-20-16(12-22-24(17)20)19(26)18-7-4-10-27-18;2-1-3/h2*3-12H,1-2H3;1H,(H,2,3). The van der Waals surface area contributed by atoms with Gasteiger partial charge in [-0.05, 0) is 59.3 Å². The Balaban J connectivity index is 0.000000180. The van der Waals surface area contributed by atoms with E-state index in [-0.39, 0.29) is 29.9 Å². The average molecular weight is 799 g/mol. The number of hydrogen-bond donors (Lipinski definition) is 1. The topological polar surface area (TPSA) is 172 Å². The molecule has 0 fully saturated rings. The second-order valence-corrected chi connectivity index (χ2v) is 14.1. The fourth-order valence-electron chi connectivity index (χ4n) is 5.73. The van der Waals surface area contributed by atoms with Gasteiger partial charge in [0.2, 0.25) is 23.4 Å². The van der Waals surface area contributed by atoms with E-state index in [1.807, 2.05) is 83.6 Å². The number of ketones is 2. The maximum absolute atomic E-state index is 12.7. The summed E-state index contributed by atoms with van der Waals surface area (Å²) < 4.78 is 3.32. The SMILES string of the molecule is CC(=O)N(C)c1cccc(-c2ccnc3c(C(=O)c4cccs4)cnn23)c1.CC(=O)N(C)c1cccc(-c2ccnc3c(C(=O)c4cccs4)cnn23)c1.O=CO. The van der Waals surface area contributed by atoms with Crippen LogP contribution in [0.25, 0.3) is 33.8 Å². The summed E-state index contributed by atoms with van der Waals surface area (Å²) in [6.07, 6.45) is 6.44. The second-order valence-electron chi connectivity index (χ2n) is 12.2. The lowest BCUT2D eigenvalue weighted by molar-refractivity contribution is -0.123. The summed E-state index contributed by atoms with van der Waals surface area (Å²) in [7, 11) is 3.46. The third kappa shape index (κ3) is 8.41. The predicted octanol–water partition coefficient (Wildman–Crippen LogP) is 7.04. The Morgan fingerprint density at radius 2 is 1.04 bits per heavy atom. The van der Waals surface area contributed by atoms with Gasteiger partial charge in [0.15, 0.2) is 11.3 Å². The van der Waals surface area contributed by atoms with Crippen molar-refractivity contribution in [2.75, 3.05) is 23.9 Å². The maximum Gasteiger partial charge on any atom is 0.290 e. The Bertz CT molecular complexity index is 2540. The van der Waals surface area contributed by atoms with Crippen molar-refractivity contribution in [1.29, 1.82) is 0 Å². The highest BCUT2D eigenvalue weighted by molar-refractivity contribution is 7.12. The number of amides is 2. The maximum atomic E-state index is 12.7. The zero-order valence-corrected chi connectivity index (χ0v) is 32.6. The molecule has 2 amide bonds. The van der Waals surface area contributed by atoms with E-state index in [0.717, 1.165) is 33.9 Å². The Hall–Kier alpha value is -7.17. The van der Waals surface area contributed by atoms with Gasteiger partial charge in [-0.3, -0.25) is 24.0 Å². The van der Waals surface area contributed by atoms with E-state index < -0.39 is 0 Å². The highest BCUT2D eigenvalue weighted by atomic mass is 32.1. The molecule has 6 aromatic heterocycles. The van der Waals surface area contributed by atoms with Crippen LogP contribution in [-0.4, -0.2) is 78.3 Å². The average Bonchev–Trinajstić information content (AvgIpc) is 4.08. The van der Waals surface area contributed by atoms with E-state index in [9.17, 15) is 19.2 Å². The number of benzene rings is 2. The zero-order chi connectivity index (χ0) is 40.6. The van der Waals surface area contributed by atoms with Crippen molar-refractivity contribution < 1.29 is 29.1 Å². The van der Waals surface area contributed by atoms with Gasteiger partial charge in [-0.2, -0.15) is 10.2 Å². The lowest BCUT2D eigenvalue weighted by atomic mass is 10.1. The number of carbonyl (C=O) groups is 5. The molecule has 0 aliphatic carbocycles. The van der Waals surface area contributed by atoms with Crippen LogP contribution in [0.1, 0.15) is 44.3 Å². The van der Waals surface area contributed by atoms with Gasteiger partial charge in [-0.15, -0.1) is 22.7 Å². The first-order chi connectivity index (χ1) is 27.5. The molecule has 57 heavy (non-hydrogen) atoms. The van der Waals surface area contributed by atoms with Crippen LogP contribution in [0.4, 0.5) is 11.4 Å². The van der Waals surface area contributed by atoms with Crippen LogP contribution in [0.3, 0.4) is 0 Å². The van der Waals surface area contributed by atoms with Crippen molar-refractivity contribution in [3.63, 3.8) is 0 Å². The smallest absolute Gasteiger partial charge is 0.290 e. The molecule has 2 aromatic carbocycles. The van der Waals surface area contributed by atoms with Crippen molar-refractivity contribution in [3.8, 4) is 22.5 Å². The number of rotatable bonds is 8. The molecule has 8 rings (SSSR count). The Morgan fingerprint density at radius 1 is 0.632 bits per heavy atom. The van der Waals surface area contributed by atoms with Crippen molar-refractivity contribution in [2.45, 2.75) is 13.8 Å². The van der Waals surface area contributed by atoms with Crippen molar-refractivity contribution >= 4 is 75.2 Å². The fourth-order valence-corrected chi connectivity index (χ4v) is 7.09. The monoisotopic (exact) mass is 798 g/mol. The summed E-state index contributed by atoms with van der Waals surface area (Å²) in [4.78, 5) is 70.3. The molecular formula is C41H34N8O6S2. The van der Waals surface area contributed by atoms with E-state index in [2.05, 4.69) is 20.2 Å². The Labute approximate surface area is 333 Å². The zero-order valence-electron chi connectivity index (χ0n) is 31.0. The quantitative estimate of drug-likeness (QED) is 0.124. The largest absolute Gasteiger partial charge is 0.483 e. The minimum Gasteiger partial charge on any atom is -0.483 e. The summed E-state index contributed by atoms with van der Waals surface area (Å²) in [6, 6.07) is 26.2. The minimum absolute atomic E-state index is 0.0463. The molecule has 1 N–H and O–H groups in total. The summed E-state index contributed by atoms with van der Waals surface area (Å²) in [5, 5.41) is 19.4. The number of hydrogen-bond acceptors (Lipinski definition) is 11. The number of aromatic nitrogens is 6. The normalized spacial score (nSPS) is 10.5. The number of fused-ring (bicyclic) bond motifs is 2. The number of anilines is 2. The van der Waals surface area contributed by atoms with E-state index in [0.29, 0.717) is 32.2 Å². The third-order valence-corrected chi connectivity index (χ3v) is 10.5. The molecule has 0 saturated carbocycles. The van der Waals surface area contributed by atoms with E-state index in [1.165, 1.54) is 36.5 Å². The van der Waals surface area contributed by atoms with Gasteiger partial charge in [0.25, 0.3) is 6.47 Å². The van der Waals surface area contributed by atoms with Gasteiger partial charge in [-0.1, -0.05) is 36.4 Å². The minimum atomic E-state index is -0.250. The van der Waals surface area contributed by atoms with Crippen LogP contribution in [-0.2, 0) is 14.4 Å². The van der Waals surface area contributed by atoms with Crippen molar-refractivity contribution in [2.24, 2.45) is 0 Å². The molecule has 14 nitrogen and oxygen atoms in total. The highest BCUT2D eigenvalue weighted by Crippen LogP contribution is 2.28. The van der Waals surface area contributed by atoms with Crippen LogP contribution in [0.2, 0.25) is 0 Å². The van der Waals surface area contributed by atoms with Gasteiger partial charge in [0.05, 0.1) is 44.7 Å². The van der Waals surface area contributed by atoms with Gasteiger partial charge in [0.1, 0.15) is 0 Å². The lowest BCUT2D eigenvalue weighted by Gasteiger charge is -2.16. The van der Waals surface area contributed by atoms with Gasteiger partial charge < -0.3 is 14.9 Å². The van der Waals surface area contributed by atoms with Crippen LogP contribution in [0.15, 0.2) is 120 Å². The number of thiophene rings is 2. The van der Waals surface area contributed by atoms with Gasteiger partial charge >= 0.3 is 0 Å². The van der Waals surface area contributed by atoms with Crippen LogP contribution >= 0.6 is 22.7 Å². The summed E-state index contributed by atoms with van der Waals surface area (Å²) in [6.45, 7) is 2.79. The Kier molecular flexibility index (Phi) is 12.2. The van der Waals surface area contributed by atoms with Crippen LogP contribution < -0.4 is 9.80 Å². The first kappa shape index (κ1) is 39.5. The number of carbonyl (C=O) groups excluding carboxylic acids is 4. The number of nitrogens with zero attached hydrogens (tertiary/aromatic N) is 8. The summed E-state index contributed by atoms with van der Waals surface area (Å²) in [5.41, 5.74) is 6.88. The molecule has 0 bridgehead atoms. The molecular weight excluding hydrogens is 765 g/mol. The van der Waals surface area contributed by atoms with Gasteiger partial charge in [-0.25, -0.2) is 19.0 Å². The molecule has 0 radical (unpaired) electrons. The fraction of sp³-hybridized carbons (Fsp3) is 0.0976. The lowest BCUT2D eigenvalue weighted by Crippen LogP contribution is -2.22. The molecule has 0 aliphatic heterocycles. The molecule has 6 heterocycles. The van der Waals surface area contributed by atoms with E-state index >= 15 is 0 Å². The Morgan fingerprint density at radius 3 is 1.39 bits per heavy atom. The van der Waals surface area contributed by atoms with E-state index in [1.54, 1.807) is 69.8 Å². The molecule has 286 valence electrons. The molecule has 0 atom stereocenters. The molecule has 0 saturated heterocycles. The summed E-state index contributed by atoms with van der Waals surface area (Å²) >= 11 is 2.79. The van der Waals surface area contributed by atoms with Crippen molar-refractivity contribution in [1.82, 2.24) is 29.2 Å². The predicted molar refractivity (Wildman–Crippen MR) is 219 cm³/mol. The highest BCUT2D eigenvalue weighted by Gasteiger charge is 2.20. The first-order valence-corrected chi connectivity index (χ1v) is 18.9. The molecule has 0 aliphatic rings. The molecule has 16 heteroatoms. The molecule has 0 spiro atoms. The van der Waals surface area contributed by atoms with E-state index in [4.69, 9.17) is 9.90 Å².